The van der Waals surface area contributed by atoms with Crippen LogP contribution in [0.5, 0.6) is 0 Å². The number of hydrogen-bond acceptors (Lipinski definition) is 7. The van der Waals surface area contributed by atoms with Crippen LogP contribution in [0.4, 0.5) is 6.01 Å². The summed E-state index contributed by atoms with van der Waals surface area (Å²) in [5, 5.41) is 17.9. The summed E-state index contributed by atoms with van der Waals surface area (Å²) in [6.45, 7) is 5.81. The van der Waals surface area contributed by atoms with Crippen molar-refractivity contribution in [3.8, 4) is 0 Å². The maximum Gasteiger partial charge on any atom is 0.322 e. The van der Waals surface area contributed by atoms with Crippen LogP contribution in [0, 0.1) is 0 Å². The number of nitrogens with zero attached hydrogens (tertiary/aromatic N) is 5. The lowest BCUT2D eigenvalue weighted by molar-refractivity contribution is -0.117. The van der Waals surface area contributed by atoms with Gasteiger partial charge in [-0.05, 0) is 6.42 Å². The molecule has 2 aromatic heterocycles. The van der Waals surface area contributed by atoms with Crippen molar-refractivity contribution in [2.45, 2.75) is 45.7 Å². The summed E-state index contributed by atoms with van der Waals surface area (Å²) >= 11 is 0. The van der Waals surface area contributed by atoms with Crippen LogP contribution in [-0.4, -0.2) is 31.1 Å². The van der Waals surface area contributed by atoms with E-state index in [2.05, 4.69) is 25.8 Å². The first-order valence-corrected chi connectivity index (χ1v) is 6.78. The SMILES string of the molecule is CCC(N)c1cn(CC(=O)Nc2nnc(C(C)C)o2)nn1. The number of carbonyl (C=O) groups excluding carboxylic acids is 1. The predicted octanol–water partition coefficient (Wildman–Crippen LogP) is 0.833. The highest BCUT2D eigenvalue weighted by atomic mass is 16.4. The monoisotopic (exact) mass is 293 g/mol. The molecule has 9 nitrogen and oxygen atoms in total. The summed E-state index contributed by atoms with van der Waals surface area (Å²) in [4.78, 5) is 11.9. The molecule has 114 valence electrons. The second-order valence-electron chi connectivity index (χ2n) is 5.00. The second-order valence-corrected chi connectivity index (χ2v) is 5.00. The van der Waals surface area contributed by atoms with Gasteiger partial charge < -0.3 is 10.2 Å². The number of rotatable bonds is 6. The zero-order chi connectivity index (χ0) is 15.4. The van der Waals surface area contributed by atoms with Gasteiger partial charge in [-0.15, -0.1) is 10.2 Å². The van der Waals surface area contributed by atoms with Gasteiger partial charge in [0.15, 0.2) is 0 Å². The fourth-order valence-corrected chi connectivity index (χ4v) is 1.59. The molecule has 0 bridgehead atoms. The third kappa shape index (κ3) is 3.85. The zero-order valence-electron chi connectivity index (χ0n) is 12.3. The van der Waals surface area contributed by atoms with Gasteiger partial charge in [0.1, 0.15) is 6.54 Å². The molecule has 2 rings (SSSR count). The van der Waals surface area contributed by atoms with E-state index in [0.717, 1.165) is 6.42 Å². The van der Waals surface area contributed by atoms with Crippen molar-refractivity contribution in [3.63, 3.8) is 0 Å². The van der Waals surface area contributed by atoms with E-state index in [9.17, 15) is 4.79 Å². The van der Waals surface area contributed by atoms with Gasteiger partial charge in [-0.1, -0.05) is 31.1 Å². The highest BCUT2D eigenvalue weighted by molar-refractivity contribution is 5.88. The van der Waals surface area contributed by atoms with E-state index in [4.69, 9.17) is 10.2 Å². The second kappa shape index (κ2) is 6.44. The van der Waals surface area contributed by atoms with Crippen molar-refractivity contribution in [2.24, 2.45) is 5.73 Å². The van der Waals surface area contributed by atoms with E-state index in [-0.39, 0.29) is 30.4 Å². The van der Waals surface area contributed by atoms with Gasteiger partial charge in [0.05, 0.1) is 17.9 Å². The fraction of sp³-hybridized carbons (Fsp3) is 0.583. The first-order chi connectivity index (χ1) is 9.99. The van der Waals surface area contributed by atoms with Crippen LogP contribution in [0.15, 0.2) is 10.6 Å². The Hall–Kier alpha value is -2.29. The van der Waals surface area contributed by atoms with Crippen LogP contribution < -0.4 is 11.1 Å². The minimum Gasteiger partial charge on any atom is -0.408 e. The molecule has 0 fully saturated rings. The summed E-state index contributed by atoms with van der Waals surface area (Å²) in [6, 6.07) is -0.0966. The molecule has 0 saturated carbocycles. The summed E-state index contributed by atoms with van der Waals surface area (Å²) in [5.41, 5.74) is 6.50. The Morgan fingerprint density at radius 2 is 2.19 bits per heavy atom. The third-order valence-corrected chi connectivity index (χ3v) is 2.86. The molecule has 0 aliphatic rings. The number of carbonyl (C=O) groups is 1. The van der Waals surface area contributed by atoms with Crippen LogP contribution in [0.2, 0.25) is 0 Å². The Morgan fingerprint density at radius 3 is 2.81 bits per heavy atom. The molecule has 0 aliphatic heterocycles. The molecule has 1 amide bonds. The van der Waals surface area contributed by atoms with E-state index in [0.29, 0.717) is 11.6 Å². The Balaban J connectivity index is 1.93. The standard InChI is InChI=1S/C12H19N7O2/c1-4-8(13)9-5-19(18-15-9)6-10(20)14-12-17-16-11(21-12)7(2)3/h5,7-8H,4,6,13H2,1-3H3,(H,14,17,20). The zero-order valence-corrected chi connectivity index (χ0v) is 12.3. The molecule has 0 saturated heterocycles. The topological polar surface area (TPSA) is 125 Å². The summed E-state index contributed by atoms with van der Waals surface area (Å²) in [5.74, 6) is 0.259. The quantitative estimate of drug-likeness (QED) is 0.808. The molecule has 9 heteroatoms. The lowest BCUT2D eigenvalue weighted by Crippen LogP contribution is -2.19. The Kier molecular flexibility index (Phi) is 4.63. The van der Waals surface area contributed by atoms with E-state index in [1.165, 1.54) is 4.68 Å². The van der Waals surface area contributed by atoms with Crippen LogP contribution in [0.3, 0.4) is 0 Å². The number of nitrogens with two attached hydrogens (primary N) is 1. The van der Waals surface area contributed by atoms with E-state index >= 15 is 0 Å². The molecule has 1 atom stereocenters. The number of anilines is 1. The highest BCUT2D eigenvalue weighted by Gasteiger charge is 2.14. The largest absolute Gasteiger partial charge is 0.408 e. The molecule has 0 aromatic carbocycles. The number of amides is 1. The summed E-state index contributed by atoms with van der Waals surface area (Å²) in [7, 11) is 0. The molecule has 1 unspecified atom stereocenters. The smallest absolute Gasteiger partial charge is 0.322 e. The minimum atomic E-state index is -0.324. The Labute approximate surface area is 121 Å². The van der Waals surface area contributed by atoms with Gasteiger partial charge in [-0.3, -0.25) is 10.1 Å². The average molecular weight is 293 g/mol. The Bertz CT molecular complexity index is 604. The highest BCUT2D eigenvalue weighted by Crippen LogP contribution is 2.14. The van der Waals surface area contributed by atoms with Gasteiger partial charge in [0.2, 0.25) is 11.8 Å². The van der Waals surface area contributed by atoms with Crippen molar-refractivity contribution in [1.82, 2.24) is 25.2 Å². The lowest BCUT2D eigenvalue weighted by atomic mass is 10.2. The van der Waals surface area contributed by atoms with Gasteiger partial charge >= 0.3 is 6.01 Å². The molecule has 0 radical (unpaired) electrons. The van der Waals surface area contributed by atoms with Gasteiger partial charge in [-0.25, -0.2) is 4.68 Å². The minimum absolute atomic E-state index is 0.00280. The van der Waals surface area contributed by atoms with Crippen molar-refractivity contribution in [1.29, 1.82) is 0 Å². The lowest BCUT2D eigenvalue weighted by Gasteiger charge is -2.02. The van der Waals surface area contributed by atoms with E-state index in [1.54, 1.807) is 6.20 Å². The molecule has 21 heavy (non-hydrogen) atoms. The van der Waals surface area contributed by atoms with E-state index in [1.807, 2.05) is 20.8 Å². The summed E-state index contributed by atoms with van der Waals surface area (Å²) in [6.07, 6.45) is 2.41. The molecular formula is C12H19N7O2. The number of nitrogens with one attached hydrogen (secondary N) is 1. The van der Waals surface area contributed by atoms with Crippen molar-refractivity contribution >= 4 is 11.9 Å². The Morgan fingerprint density at radius 1 is 1.43 bits per heavy atom. The number of aromatic nitrogens is 5. The van der Waals surface area contributed by atoms with Gasteiger partial charge in [0, 0.05) is 5.92 Å². The summed E-state index contributed by atoms with van der Waals surface area (Å²) < 4.78 is 6.71. The maximum absolute atomic E-state index is 11.9. The van der Waals surface area contributed by atoms with Crippen LogP contribution in [0.1, 0.15) is 50.7 Å². The van der Waals surface area contributed by atoms with Crippen LogP contribution in [0.25, 0.3) is 0 Å². The maximum atomic E-state index is 11.9. The van der Waals surface area contributed by atoms with Gasteiger partial charge in [0.25, 0.3) is 0 Å². The fourth-order valence-electron chi connectivity index (χ4n) is 1.59. The van der Waals surface area contributed by atoms with Crippen LogP contribution in [-0.2, 0) is 11.3 Å². The molecule has 3 N–H and O–H groups in total. The van der Waals surface area contributed by atoms with Crippen molar-refractivity contribution < 1.29 is 9.21 Å². The predicted molar refractivity (Wildman–Crippen MR) is 74.3 cm³/mol. The van der Waals surface area contributed by atoms with Crippen molar-refractivity contribution in [2.75, 3.05) is 5.32 Å². The normalized spacial score (nSPS) is 12.6. The molecular weight excluding hydrogens is 274 g/mol. The van der Waals surface area contributed by atoms with E-state index < -0.39 is 0 Å². The van der Waals surface area contributed by atoms with Gasteiger partial charge in [-0.2, -0.15) is 0 Å². The number of hydrogen-bond donors (Lipinski definition) is 2. The molecule has 0 spiro atoms. The van der Waals surface area contributed by atoms with Crippen LogP contribution >= 0.6 is 0 Å². The van der Waals surface area contributed by atoms with Crippen molar-refractivity contribution in [3.05, 3.63) is 17.8 Å². The molecule has 2 heterocycles. The third-order valence-electron chi connectivity index (χ3n) is 2.86. The average Bonchev–Trinajstić information content (AvgIpc) is 3.07. The molecule has 2 aromatic rings. The first-order valence-electron chi connectivity index (χ1n) is 6.78. The molecule has 0 aliphatic carbocycles. The first kappa shape index (κ1) is 15.1.